The molecule has 0 saturated carbocycles. The van der Waals surface area contributed by atoms with Gasteiger partial charge >= 0.3 is 0 Å². The molecule has 166 valence electrons. The highest BCUT2D eigenvalue weighted by molar-refractivity contribution is 6.35. The molecule has 0 saturated heterocycles. The molecule has 5 nitrogen and oxygen atoms in total. The lowest BCUT2D eigenvalue weighted by atomic mass is 10.0. The number of nitrogens with one attached hydrogen (secondary N) is 1. The Hall–Kier alpha value is -3.15. The summed E-state index contributed by atoms with van der Waals surface area (Å²) in [7, 11) is 3.85. The molecular formula is C26H22Cl2N4O. The summed E-state index contributed by atoms with van der Waals surface area (Å²) in [6, 6.07) is 15.5. The Morgan fingerprint density at radius 1 is 1.06 bits per heavy atom. The number of fused-ring (bicyclic) bond motifs is 2. The molecule has 0 spiro atoms. The van der Waals surface area contributed by atoms with Gasteiger partial charge < -0.3 is 10.2 Å². The molecule has 1 N–H and O–H groups in total. The normalized spacial score (nSPS) is 14.8. The Morgan fingerprint density at radius 2 is 1.82 bits per heavy atom. The summed E-state index contributed by atoms with van der Waals surface area (Å²) in [6.45, 7) is 0. The van der Waals surface area contributed by atoms with Crippen LogP contribution < -0.4 is 10.2 Å². The molecular weight excluding hydrogens is 455 g/mol. The number of benzene rings is 2. The van der Waals surface area contributed by atoms with Gasteiger partial charge in [-0.3, -0.25) is 14.8 Å². The number of halogens is 2. The van der Waals surface area contributed by atoms with Crippen LogP contribution in [0.25, 0.3) is 22.2 Å². The van der Waals surface area contributed by atoms with Gasteiger partial charge in [0.25, 0.3) is 5.91 Å². The van der Waals surface area contributed by atoms with Crippen molar-refractivity contribution in [1.29, 1.82) is 0 Å². The van der Waals surface area contributed by atoms with Crippen LogP contribution in [0.3, 0.4) is 0 Å². The minimum Gasteiger partial charge on any atom is -0.376 e. The largest absolute Gasteiger partial charge is 0.376 e. The number of hydrogen-bond acceptors (Lipinski definition) is 4. The van der Waals surface area contributed by atoms with Crippen LogP contribution in [-0.2, 0) is 6.42 Å². The smallest absolute Gasteiger partial charge is 0.255 e. The third-order valence-corrected chi connectivity index (χ3v) is 6.46. The zero-order valence-corrected chi connectivity index (χ0v) is 19.8. The van der Waals surface area contributed by atoms with Crippen molar-refractivity contribution < 1.29 is 4.79 Å². The lowest BCUT2D eigenvalue weighted by molar-refractivity contribution is 0.0937. The van der Waals surface area contributed by atoms with E-state index in [0.717, 1.165) is 29.5 Å². The fourth-order valence-corrected chi connectivity index (χ4v) is 5.13. The van der Waals surface area contributed by atoms with Crippen LogP contribution in [0, 0.1) is 0 Å². The van der Waals surface area contributed by atoms with Crippen molar-refractivity contribution in [2.45, 2.75) is 18.9 Å². The van der Waals surface area contributed by atoms with E-state index >= 15 is 0 Å². The van der Waals surface area contributed by atoms with Crippen molar-refractivity contribution in [2.24, 2.45) is 0 Å². The summed E-state index contributed by atoms with van der Waals surface area (Å²) in [5, 5.41) is 5.10. The van der Waals surface area contributed by atoms with E-state index in [-0.39, 0.29) is 11.9 Å². The maximum absolute atomic E-state index is 13.4. The number of hydrogen-bond donors (Lipinski definition) is 1. The molecule has 1 amide bonds. The van der Waals surface area contributed by atoms with Gasteiger partial charge in [0.2, 0.25) is 0 Å². The lowest BCUT2D eigenvalue weighted by Crippen LogP contribution is -2.29. The second-order valence-electron chi connectivity index (χ2n) is 8.39. The van der Waals surface area contributed by atoms with Crippen LogP contribution >= 0.6 is 23.2 Å². The number of rotatable bonds is 4. The van der Waals surface area contributed by atoms with E-state index in [4.69, 9.17) is 23.2 Å². The molecule has 7 heteroatoms. The fourth-order valence-electron chi connectivity index (χ4n) is 4.60. The van der Waals surface area contributed by atoms with Gasteiger partial charge in [0.05, 0.1) is 28.5 Å². The first-order chi connectivity index (χ1) is 15.9. The number of pyridine rings is 2. The highest BCUT2D eigenvalue weighted by Gasteiger charge is 2.26. The van der Waals surface area contributed by atoms with Crippen molar-refractivity contribution in [2.75, 3.05) is 19.0 Å². The fraction of sp³-hybridized carbons (Fsp3) is 0.192. The molecule has 0 radical (unpaired) electrons. The SMILES string of the molecule is CN(C)c1c(C(=O)N[C@H]2CCc3ccccc32)cnc2c(-c3cc(Cl)cc(Cl)c3)nccc12. The molecule has 2 aromatic heterocycles. The zero-order valence-electron chi connectivity index (χ0n) is 18.3. The van der Waals surface area contributed by atoms with Crippen LogP contribution in [0.1, 0.15) is 33.9 Å². The third-order valence-electron chi connectivity index (χ3n) is 6.02. The quantitative estimate of drug-likeness (QED) is 0.387. The monoisotopic (exact) mass is 476 g/mol. The Bertz CT molecular complexity index is 1370. The molecule has 5 rings (SSSR count). The van der Waals surface area contributed by atoms with E-state index in [1.54, 1.807) is 18.5 Å². The predicted octanol–water partition coefficient (Wildman–Crippen LogP) is 6.09. The van der Waals surface area contributed by atoms with Gasteiger partial charge in [0.15, 0.2) is 0 Å². The second kappa shape index (κ2) is 8.65. The number of amides is 1. The zero-order chi connectivity index (χ0) is 23.1. The van der Waals surface area contributed by atoms with Crippen LogP contribution in [0.15, 0.2) is 60.9 Å². The highest BCUT2D eigenvalue weighted by Crippen LogP contribution is 2.36. The number of carbonyl (C=O) groups excluding carboxylic acids is 1. The number of aromatic nitrogens is 2. The number of nitrogens with zero attached hydrogens (tertiary/aromatic N) is 3. The molecule has 1 aliphatic rings. The van der Waals surface area contributed by atoms with Gasteiger partial charge in [-0.05, 0) is 48.2 Å². The third kappa shape index (κ3) is 4.03. The van der Waals surface area contributed by atoms with Crippen molar-refractivity contribution in [3.8, 4) is 11.3 Å². The van der Waals surface area contributed by atoms with Crippen LogP contribution in [0.4, 0.5) is 5.69 Å². The molecule has 4 aromatic rings. The number of aryl methyl sites for hydroxylation is 1. The molecule has 33 heavy (non-hydrogen) atoms. The summed E-state index contributed by atoms with van der Waals surface area (Å²) in [4.78, 5) is 24.5. The van der Waals surface area contributed by atoms with Crippen LogP contribution in [-0.4, -0.2) is 30.0 Å². The Kier molecular flexibility index (Phi) is 5.69. The average Bonchev–Trinajstić information content (AvgIpc) is 3.19. The maximum Gasteiger partial charge on any atom is 0.255 e. The Morgan fingerprint density at radius 3 is 2.58 bits per heavy atom. The first-order valence-corrected chi connectivity index (χ1v) is 11.5. The topological polar surface area (TPSA) is 58.1 Å². The molecule has 0 aliphatic heterocycles. The first kappa shape index (κ1) is 21.7. The van der Waals surface area contributed by atoms with E-state index in [1.165, 1.54) is 11.1 Å². The Balaban J connectivity index is 1.58. The molecule has 1 atom stereocenters. The van der Waals surface area contributed by atoms with Gasteiger partial charge in [-0.15, -0.1) is 0 Å². The lowest BCUT2D eigenvalue weighted by Gasteiger charge is -2.21. The van der Waals surface area contributed by atoms with Gasteiger partial charge in [0, 0.05) is 47.5 Å². The van der Waals surface area contributed by atoms with E-state index in [2.05, 4.69) is 27.4 Å². The standard InChI is InChI=1S/C26H22Cl2N4O/c1-32(2)25-20-9-10-29-23(16-11-17(27)13-18(28)12-16)24(20)30-14-21(25)26(33)31-22-8-7-15-5-3-4-6-19(15)22/h3-6,9-14,22H,7-8H2,1-2H3,(H,31,33)/t22-/m0/s1. The number of carbonyl (C=O) groups is 1. The minimum atomic E-state index is -0.140. The predicted molar refractivity (Wildman–Crippen MR) is 134 cm³/mol. The van der Waals surface area contributed by atoms with Gasteiger partial charge in [-0.1, -0.05) is 47.5 Å². The molecule has 0 bridgehead atoms. The minimum absolute atomic E-state index is 0.000938. The molecule has 0 fully saturated rings. The maximum atomic E-state index is 13.4. The van der Waals surface area contributed by atoms with Crippen molar-refractivity contribution in [1.82, 2.24) is 15.3 Å². The summed E-state index contributed by atoms with van der Waals surface area (Å²) >= 11 is 12.4. The van der Waals surface area contributed by atoms with Crippen molar-refractivity contribution in [3.63, 3.8) is 0 Å². The average molecular weight is 477 g/mol. The van der Waals surface area contributed by atoms with E-state index < -0.39 is 0 Å². The molecule has 2 heterocycles. The van der Waals surface area contributed by atoms with E-state index in [1.807, 2.05) is 49.3 Å². The van der Waals surface area contributed by atoms with E-state index in [0.29, 0.717) is 26.8 Å². The van der Waals surface area contributed by atoms with Crippen molar-refractivity contribution in [3.05, 3.63) is 87.7 Å². The Labute approximate surface area is 202 Å². The van der Waals surface area contributed by atoms with Gasteiger partial charge in [0.1, 0.15) is 0 Å². The molecule has 1 aliphatic carbocycles. The summed E-state index contributed by atoms with van der Waals surface area (Å²) in [6.07, 6.45) is 5.21. The summed E-state index contributed by atoms with van der Waals surface area (Å²) in [5.41, 5.74) is 5.92. The van der Waals surface area contributed by atoms with Crippen molar-refractivity contribution >= 4 is 45.7 Å². The molecule has 0 unspecified atom stereocenters. The summed E-state index contributed by atoms with van der Waals surface area (Å²) in [5.74, 6) is -0.140. The van der Waals surface area contributed by atoms with Gasteiger partial charge in [-0.2, -0.15) is 0 Å². The number of anilines is 1. The molecule has 2 aromatic carbocycles. The van der Waals surface area contributed by atoms with E-state index in [9.17, 15) is 4.79 Å². The van der Waals surface area contributed by atoms with Crippen LogP contribution in [0.2, 0.25) is 10.0 Å². The van der Waals surface area contributed by atoms with Crippen LogP contribution in [0.5, 0.6) is 0 Å². The summed E-state index contributed by atoms with van der Waals surface area (Å²) < 4.78 is 0. The van der Waals surface area contributed by atoms with Gasteiger partial charge in [-0.25, -0.2) is 0 Å². The second-order valence-corrected chi connectivity index (χ2v) is 9.27. The highest BCUT2D eigenvalue weighted by atomic mass is 35.5. The first-order valence-electron chi connectivity index (χ1n) is 10.7.